The molecule has 136 valence electrons. The van der Waals surface area contributed by atoms with Crippen LogP contribution in [0.4, 0.5) is 23.4 Å². The number of nitrogens with zero attached hydrogens (tertiary/aromatic N) is 2. The Morgan fingerprint density at radius 3 is 2.46 bits per heavy atom. The van der Waals surface area contributed by atoms with Crippen LogP contribution in [0.5, 0.6) is 0 Å². The Morgan fingerprint density at radius 2 is 1.85 bits per heavy atom. The topological polar surface area (TPSA) is 74.7 Å². The molecule has 0 radical (unpaired) electrons. The van der Waals surface area contributed by atoms with Crippen molar-refractivity contribution in [1.29, 1.82) is 5.26 Å². The van der Waals surface area contributed by atoms with Crippen LogP contribution in [0.3, 0.4) is 0 Å². The Hall–Kier alpha value is -2.66. The van der Waals surface area contributed by atoms with Gasteiger partial charge in [0.05, 0.1) is 16.8 Å². The first-order valence-corrected chi connectivity index (χ1v) is 8.09. The van der Waals surface area contributed by atoms with Gasteiger partial charge in [-0.3, -0.25) is 0 Å². The molecular weight excluding hydrogens is 348 g/mol. The summed E-state index contributed by atoms with van der Waals surface area (Å²) in [5.74, 6) is -1.02. The first-order valence-electron chi connectivity index (χ1n) is 8.09. The van der Waals surface area contributed by atoms with E-state index in [0.29, 0.717) is 11.6 Å². The quantitative estimate of drug-likeness (QED) is 0.795. The van der Waals surface area contributed by atoms with Gasteiger partial charge in [0.15, 0.2) is 0 Å². The number of piperidine rings is 1. The molecule has 0 aliphatic carbocycles. The van der Waals surface area contributed by atoms with Crippen molar-refractivity contribution < 1.29 is 17.6 Å². The van der Waals surface area contributed by atoms with Gasteiger partial charge in [0.25, 0.3) is 0 Å². The number of nitrogens with two attached hydrogens (primary N) is 1. The normalized spacial score (nSPS) is 15.7. The molecule has 8 heteroatoms. The Labute approximate surface area is 147 Å². The molecule has 0 saturated carbocycles. The number of anilines is 1. The molecule has 26 heavy (non-hydrogen) atoms. The second kappa shape index (κ2) is 6.92. The van der Waals surface area contributed by atoms with E-state index < -0.39 is 17.6 Å². The lowest BCUT2D eigenvalue weighted by atomic mass is 9.87. The lowest BCUT2D eigenvalue weighted by Crippen LogP contribution is -2.27. The molecule has 2 aromatic rings. The molecule has 4 nitrogen and oxygen atoms in total. The number of aromatic nitrogens is 1. The first kappa shape index (κ1) is 18.1. The zero-order chi connectivity index (χ0) is 18.9. The summed E-state index contributed by atoms with van der Waals surface area (Å²) in [6.07, 6.45) is -3.13. The molecule has 0 spiro atoms. The van der Waals surface area contributed by atoms with Crippen molar-refractivity contribution in [3.8, 4) is 17.3 Å². The predicted octanol–water partition coefficient (Wildman–Crippen LogP) is 3.83. The average molecular weight is 364 g/mol. The molecule has 0 bridgehead atoms. The average Bonchev–Trinajstić information content (AvgIpc) is 2.60. The van der Waals surface area contributed by atoms with Gasteiger partial charge in [-0.2, -0.15) is 18.4 Å². The van der Waals surface area contributed by atoms with Crippen molar-refractivity contribution >= 4 is 5.82 Å². The van der Waals surface area contributed by atoms with Crippen molar-refractivity contribution in [3.63, 3.8) is 0 Å². The Kier molecular flexibility index (Phi) is 4.83. The maximum absolute atomic E-state index is 13.7. The van der Waals surface area contributed by atoms with Crippen LogP contribution in [0.25, 0.3) is 11.3 Å². The van der Waals surface area contributed by atoms with E-state index in [1.54, 1.807) is 6.07 Å². The predicted molar refractivity (Wildman–Crippen MR) is 88.6 cm³/mol. The van der Waals surface area contributed by atoms with E-state index in [4.69, 9.17) is 5.73 Å². The number of halogens is 4. The number of pyridine rings is 1. The summed E-state index contributed by atoms with van der Waals surface area (Å²) in [6.45, 7) is 1.54. The lowest BCUT2D eigenvalue weighted by molar-refractivity contribution is -0.137. The SMILES string of the molecule is N#Cc1c(C2CCNCC2)cc(-c2cc(F)cc(C(F)(F)F)c2)nc1N. The molecule has 1 aromatic carbocycles. The highest BCUT2D eigenvalue weighted by Crippen LogP contribution is 2.36. The third-order valence-electron chi connectivity index (χ3n) is 4.49. The standard InChI is InChI=1S/C18H16F4N4/c19-13-6-11(5-12(7-13)18(20,21)22)16-8-14(10-1-3-25-4-2-10)15(9-23)17(24)26-16/h5-8,10,25H,1-4H2,(H2,24,26). The van der Waals surface area contributed by atoms with Crippen LogP contribution in [-0.4, -0.2) is 18.1 Å². The minimum Gasteiger partial charge on any atom is -0.383 e. The summed E-state index contributed by atoms with van der Waals surface area (Å²) in [5.41, 5.74) is 5.75. The van der Waals surface area contributed by atoms with Crippen LogP contribution >= 0.6 is 0 Å². The number of nitrogens with one attached hydrogen (secondary N) is 1. The molecule has 1 aliphatic heterocycles. The van der Waals surface area contributed by atoms with Crippen molar-refractivity contribution in [1.82, 2.24) is 10.3 Å². The van der Waals surface area contributed by atoms with Crippen LogP contribution < -0.4 is 11.1 Å². The Morgan fingerprint density at radius 1 is 1.15 bits per heavy atom. The zero-order valence-electron chi connectivity index (χ0n) is 13.7. The molecule has 2 heterocycles. The molecule has 3 rings (SSSR count). The molecule has 1 aliphatic rings. The number of benzene rings is 1. The van der Waals surface area contributed by atoms with E-state index in [1.165, 1.54) is 0 Å². The first-order chi connectivity index (χ1) is 12.3. The molecule has 1 saturated heterocycles. The van der Waals surface area contributed by atoms with Gasteiger partial charge >= 0.3 is 6.18 Å². The van der Waals surface area contributed by atoms with Crippen molar-refractivity contribution in [3.05, 3.63) is 46.8 Å². The fourth-order valence-corrected chi connectivity index (χ4v) is 3.21. The summed E-state index contributed by atoms with van der Waals surface area (Å²) in [5, 5.41) is 12.6. The van der Waals surface area contributed by atoms with Crippen molar-refractivity contribution in [2.45, 2.75) is 24.9 Å². The van der Waals surface area contributed by atoms with Gasteiger partial charge in [-0.25, -0.2) is 9.37 Å². The summed E-state index contributed by atoms with van der Waals surface area (Å²) in [4.78, 5) is 4.04. The minimum absolute atomic E-state index is 0.0244. The van der Waals surface area contributed by atoms with Crippen LogP contribution in [-0.2, 0) is 6.18 Å². The fraction of sp³-hybridized carbons (Fsp3) is 0.333. The molecule has 1 fully saturated rings. The zero-order valence-corrected chi connectivity index (χ0v) is 13.7. The maximum atomic E-state index is 13.7. The van der Waals surface area contributed by atoms with Gasteiger partial charge in [-0.05, 0) is 61.7 Å². The van der Waals surface area contributed by atoms with E-state index in [9.17, 15) is 22.8 Å². The molecule has 0 unspecified atom stereocenters. The van der Waals surface area contributed by atoms with Gasteiger partial charge in [0, 0.05) is 5.56 Å². The van der Waals surface area contributed by atoms with E-state index >= 15 is 0 Å². The van der Waals surface area contributed by atoms with Crippen LogP contribution in [0, 0.1) is 17.1 Å². The Bertz CT molecular complexity index is 865. The smallest absolute Gasteiger partial charge is 0.383 e. The maximum Gasteiger partial charge on any atom is 0.416 e. The van der Waals surface area contributed by atoms with E-state index in [0.717, 1.165) is 38.1 Å². The number of nitriles is 1. The van der Waals surface area contributed by atoms with Crippen LogP contribution in [0.1, 0.15) is 35.4 Å². The van der Waals surface area contributed by atoms with E-state index in [2.05, 4.69) is 10.3 Å². The van der Waals surface area contributed by atoms with Crippen molar-refractivity contribution in [2.75, 3.05) is 18.8 Å². The number of rotatable bonds is 2. The van der Waals surface area contributed by atoms with Crippen LogP contribution in [0.15, 0.2) is 24.3 Å². The molecule has 3 N–H and O–H groups in total. The van der Waals surface area contributed by atoms with Gasteiger partial charge in [-0.15, -0.1) is 0 Å². The number of nitrogen functional groups attached to an aromatic ring is 1. The molecular formula is C18H16F4N4. The molecule has 0 amide bonds. The second-order valence-electron chi connectivity index (χ2n) is 6.22. The molecule has 0 atom stereocenters. The summed E-state index contributed by atoms with van der Waals surface area (Å²) < 4.78 is 52.6. The lowest BCUT2D eigenvalue weighted by Gasteiger charge is -2.24. The summed E-state index contributed by atoms with van der Waals surface area (Å²) in [6, 6.07) is 5.83. The Balaban J connectivity index is 2.13. The highest BCUT2D eigenvalue weighted by molar-refractivity contribution is 5.67. The highest BCUT2D eigenvalue weighted by atomic mass is 19.4. The summed E-state index contributed by atoms with van der Waals surface area (Å²) in [7, 11) is 0. The second-order valence-corrected chi connectivity index (χ2v) is 6.22. The van der Waals surface area contributed by atoms with E-state index in [-0.39, 0.29) is 28.6 Å². The highest BCUT2D eigenvalue weighted by Gasteiger charge is 2.32. The van der Waals surface area contributed by atoms with Gasteiger partial charge < -0.3 is 11.1 Å². The number of hydrogen-bond donors (Lipinski definition) is 2. The minimum atomic E-state index is -4.67. The number of hydrogen-bond acceptors (Lipinski definition) is 4. The van der Waals surface area contributed by atoms with Gasteiger partial charge in [0.2, 0.25) is 0 Å². The van der Waals surface area contributed by atoms with Gasteiger partial charge in [0.1, 0.15) is 17.7 Å². The third-order valence-corrected chi connectivity index (χ3v) is 4.49. The summed E-state index contributed by atoms with van der Waals surface area (Å²) >= 11 is 0. The monoisotopic (exact) mass is 364 g/mol. The molecule has 1 aromatic heterocycles. The fourth-order valence-electron chi connectivity index (χ4n) is 3.21. The van der Waals surface area contributed by atoms with Crippen molar-refractivity contribution in [2.24, 2.45) is 0 Å². The van der Waals surface area contributed by atoms with Crippen LogP contribution in [0.2, 0.25) is 0 Å². The number of alkyl halides is 3. The van der Waals surface area contributed by atoms with E-state index in [1.807, 2.05) is 6.07 Å². The largest absolute Gasteiger partial charge is 0.416 e. The van der Waals surface area contributed by atoms with Gasteiger partial charge in [-0.1, -0.05) is 0 Å². The third kappa shape index (κ3) is 3.63.